The van der Waals surface area contributed by atoms with Gasteiger partial charge in [0.25, 0.3) is 5.91 Å². The third kappa shape index (κ3) is 4.44. The van der Waals surface area contributed by atoms with Crippen LogP contribution in [0, 0.1) is 13.8 Å². The predicted molar refractivity (Wildman–Crippen MR) is 103 cm³/mol. The summed E-state index contributed by atoms with van der Waals surface area (Å²) < 4.78 is 23.3. The monoisotopic (exact) mass is 375 g/mol. The van der Waals surface area contributed by atoms with E-state index in [1.54, 1.807) is 6.07 Å². The Morgan fingerprint density at radius 1 is 1.12 bits per heavy atom. The maximum Gasteiger partial charge on any atom is 0.256 e. The average molecular weight is 376 g/mol. The van der Waals surface area contributed by atoms with E-state index in [2.05, 4.69) is 5.32 Å². The minimum Gasteiger partial charge on any atom is -0.322 e. The molecule has 132 valence electrons. The third-order valence-corrected chi connectivity index (χ3v) is 7.71. The first kappa shape index (κ1) is 18.0. The lowest BCUT2D eigenvalue weighted by molar-refractivity contribution is 0.102. The van der Waals surface area contributed by atoms with Crippen molar-refractivity contribution in [3.05, 3.63) is 59.2 Å². The second-order valence-corrected chi connectivity index (χ2v) is 9.96. The van der Waals surface area contributed by atoms with Crippen molar-refractivity contribution in [2.75, 3.05) is 16.8 Å². The summed E-state index contributed by atoms with van der Waals surface area (Å²) in [5, 5.41) is 2.95. The number of anilines is 1. The fraction of sp³-hybridized carbons (Fsp3) is 0.316. The van der Waals surface area contributed by atoms with E-state index in [1.165, 1.54) is 17.3 Å². The molecule has 1 heterocycles. The maximum absolute atomic E-state index is 12.7. The van der Waals surface area contributed by atoms with E-state index in [4.69, 9.17) is 0 Å². The van der Waals surface area contributed by atoms with Crippen molar-refractivity contribution in [1.29, 1.82) is 0 Å². The zero-order valence-corrected chi connectivity index (χ0v) is 15.9. The molecule has 4 nitrogen and oxygen atoms in total. The van der Waals surface area contributed by atoms with Gasteiger partial charge in [-0.15, -0.1) is 11.8 Å². The Morgan fingerprint density at radius 2 is 1.88 bits per heavy atom. The number of hydrogen-bond donors (Lipinski definition) is 1. The van der Waals surface area contributed by atoms with Gasteiger partial charge in [0.15, 0.2) is 9.84 Å². The smallest absolute Gasteiger partial charge is 0.256 e. The fourth-order valence-electron chi connectivity index (χ4n) is 2.81. The van der Waals surface area contributed by atoms with Gasteiger partial charge in [-0.3, -0.25) is 4.79 Å². The van der Waals surface area contributed by atoms with Gasteiger partial charge in [0.2, 0.25) is 0 Å². The maximum atomic E-state index is 12.7. The summed E-state index contributed by atoms with van der Waals surface area (Å²) >= 11 is 1.48. The molecule has 0 radical (unpaired) electrons. The summed E-state index contributed by atoms with van der Waals surface area (Å²) in [5.74, 6) is 0.249. The molecule has 25 heavy (non-hydrogen) atoms. The van der Waals surface area contributed by atoms with Gasteiger partial charge >= 0.3 is 0 Å². The lowest BCUT2D eigenvalue weighted by atomic mass is 10.1. The van der Waals surface area contributed by atoms with Crippen LogP contribution >= 0.6 is 11.8 Å². The topological polar surface area (TPSA) is 63.2 Å². The van der Waals surface area contributed by atoms with Crippen LogP contribution in [0.25, 0.3) is 0 Å². The van der Waals surface area contributed by atoms with Crippen LogP contribution in [0.2, 0.25) is 0 Å². The Labute approximate surface area is 152 Å². The summed E-state index contributed by atoms with van der Waals surface area (Å²) in [6, 6.07) is 13.2. The Balaban J connectivity index is 1.77. The molecule has 2 aromatic carbocycles. The van der Waals surface area contributed by atoms with Gasteiger partial charge in [-0.25, -0.2) is 8.42 Å². The van der Waals surface area contributed by atoms with Gasteiger partial charge in [0.05, 0.1) is 17.1 Å². The minimum absolute atomic E-state index is 0.0144. The van der Waals surface area contributed by atoms with E-state index in [0.717, 1.165) is 16.1 Å². The first-order valence-corrected chi connectivity index (χ1v) is 10.9. The van der Waals surface area contributed by atoms with E-state index in [9.17, 15) is 13.2 Å². The Bertz CT molecular complexity index is 907. The number of benzene rings is 2. The van der Waals surface area contributed by atoms with Crippen molar-refractivity contribution < 1.29 is 13.2 Å². The number of nitrogens with one attached hydrogen (secondary N) is 1. The lowest BCUT2D eigenvalue weighted by Crippen LogP contribution is -2.14. The molecular formula is C19H21NO3S2. The number of rotatable bonds is 4. The van der Waals surface area contributed by atoms with E-state index in [0.29, 0.717) is 12.0 Å². The average Bonchev–Trinajstić information content (AvgIpc) is 2.90. The van der Waals surface area contributed by atoms with Crippen LogP contribution in [0.15, 0.2) is 47.4 Å². The molecule has 0 spiro atoms. The lowest BCUT2D eigenvalue weighted by Gasteiger charge is -2.13. The number of aryl methyl sites for hydroxylation is 2. The molecule has 1 atom stereocenters. The summed E-state index contributed by atoms with van der Waals surface area (Å²) in [7, 11) is -2.93. The van der Waals surface area contributed by atoms with Crippen LogP contribution in [0.3, 0.4) is 0 Å². The molecule has 0 aliphatic carbocycles. The van der Waals surface area contributed by atoms with Crippen molar-refractivity contribution in [1.82, 2.24) is 0 Å². The van der Waals surface area contributed by atoms with Crippen molar-refractivity contribution in [2.24, 2.45) is 0 Å². The van der Waals surface area contributed by atoms with E-state index in [1.807, 2.05) is 50.2 Å². The second kappa shape index (κ2) is 7.22. The number of amides is 1. The molecule has 1 aliphatic heterocycles. The van der Waals surface area contributed by atoms with Crippen LogP contribution in [0.4, 0.5) is 5.69 Å². The number of sulfone groups is 1. The first-order chi connectivity index (χ1) is 11.8. The molecule has 1 aliphatic rings. The standard InChI is InChI=1S/C19H21NO3S2/c1-13-7-8-15(11-14(13)2)20-19(21)17-5-3-4-6-18(17)24-16-9-10-25(22,23)12-16/h3-8,11,16H,9-10,12H2,1-2H3,(H,20,21)/t16-/m0/s1. The molecule has 0 saturated carbocycles. The molecular weight excluding hydrogens is 354 g/mol. The summed E-state index contributed by atoms with van der Waals surface area (Å²) in [5.41, 5.74) is 3.64. The highest BCUT2D eigenvalue weighted by Gasteiger charge is 2.29. The molecule has 0 unspecified atom stereocenters. The van der Waals surface area contributed by atoms with Crippen LogP contribution in [0.1, 0.15) is 27.9 Å². The zero-order chi connectivity index (χ0) is 18.0. The van der Waals surface area contributed by atoms with Crippen LogP contribution in [-0.2, 0) is 9.84 Å². The highest BCUT2D eigenvalue weighted by Crippen LogP contribution is 2.33. The Hall–Kier alpha value is -1.79. The molecule has 0 aromatic heterocycles. The number of thioether (sulfide) groups is 1. The van der Waals surface area contributed by atoms with Gasteiger partial charge in [-0.2, -0.15) is 0 Å². The first-order valence-electron chi connectivity index (χ1n) is 8.19. The van der Waals surface area contributed by atoms with Crippen molar-refractivity contribution >= 4 is 33.2 Å². The predicted octanol–water partition coefficient (Wildman–Crippen LogP) is 3.83. The minimum atomic E-state index is -2.93. The highest BCUT2D eigenvalue weighted by molar-refractivity contribution is 8.02. The van der Waals surface area contributed by atoms with Crippen LogP contribution < -0.4 is 5.32 Å². The van der Waals surface area contributed by atoms with Crippen molar-refractivity contribution in [3.8, 4) is 0 Å². The third-order valence-electron chi connectivity index (χ3n) is 4.38. The van der Waals surface area contributed by atoms with Crippen molar-refractivity contribution in [3.63, 3.8) is 0 Å². The Morgan fingerprint density at radius 3 is 2.56 bits per heavy atom. The summed E-state index contributed by atoms with van der Waals surface area (Å²) in [4.78, 5) is 13.5. The van der Waals surface area contributed by atoms with Gasteiger partial charge in [0.1, 0.15) is 0 Å². The van der Waals surface area contributed by atoms with Crippen LogP contribution in [-0.4, -0.2) is 31.1 Å². The number of hydrogen-bond acceptors (Lipinski definition) is 4. The quantitative estimate of drug-likeness (QED) is 0.882. The fourth-order valence-corrected chi connectivity index (χ4v) is 6.43. The summed E-state index contributed by atoms with van der Waals surface area (Å²) in [6.07, 6.45) is 0.639. The molecule has 3 rings (SSSR count). The number of carbonyl (C=O) groups excluding carboxylic acids is 1. The molecule has 2 aromatic rings. The molecule has 6 heteroatoms. The van der Waals surface area contributed by atoms with Gasteiger partial charge in [-0.05, 0) is 55.7 Å². The molecule has 1 amide bonds. The molecule has 1 fully saturated rings. The van der Waals surface area contributed by atoms with Gasteiger partial charge in [0, 0.05) is 15.8 Å². The van der Waals surface area contributed by atoms with E-state index in [-0.39, 0.29) is 22.7 Å². The van der Waals surface area contributed by atoms with Gasteiger partial charge in [-0.1, -0.05) is 18.2 Å². The number of carbonyl (C=O) groups is 1. The van der Waals surface area contributed by atoms with E-state index < -0.39 is 9.84 Å². The normalized spacial score (nSPS) is 18.9. The van der Waals surface area contributed by atoms with Crippen LogP contribution in [0.5, 0.6) is 0 Å². The highest BCUT2D eigenvalue weighted by atomic mass is 32.2. The Kier molecular flexibility index (Phi) is 5.20. The molecule has 1 N–H and O–H groups in total. The zero-order valence-electron chi connectivity index (χ0n) is 14.3. The largest absolute Gasteiger partial charge is 0.322 e. The summed E-state index contributed by atoms with van der Waals surface area (Å²) in [6.45, 7) is 4.04. The molecule has 0 bridgehead atoms. The second-order valence-electron chi connectivity index (χ2n) is 6.39. The SMILES string of the molecule is Cc1ccc(NC(=O)c2ccccc2S[C@H]2CCS(=O)(=O)C2)cc1C. The van der Waals surface area contributed by atoms with Crippen molar-refractivity contribution in [2.45, 2.75) is 30.4 Å². The van der Waals surface area contributed by atoms with Gasteiger partial charge < -0.3 is 5.32 Å². The molecule has 1 saturated heterocycles. The van der Waals surface area contributed by atoms with E-state index >= 15 is 0 Å².